The molecule has 1 fully saturated rings. The van der Waals surface area contributed by atoms with Crippen LogP contribution >= 0.6 is 0 Å². The largest absolute Gasteiger partial charge is 0.497 e. The van der Waals surface area contributed by atoms with Gasteiger partial charge in [-0.15, -0.1) is 0 Å². The molecule has 1 amide bonds. The van der Waals surface area contributed by atoms with Gasteiger partial charge in [-0.2, -0.15) is 0 Å². The van der Waals surface area contributed by atoms with Crippen molar-refractivity contribution in [1.82, 2.24) is 10.6 Å². The highest BCUT2D eigenvalue weighted by atomic mass is 16.5. The van der Waals surface area contributed by atoms with Gasteiger partial charge in [0.05, 0.1) is 7.11 Å². The van der Waals surface area contributed by atoms with Gasteiger partial charge in [0.15, 0.2) is 0 Å². The van der Waals surface area contributed by atoms with Crippen molar-refractivity contribution >= 4 is 5.91 Å². The van der Waals surface area contributed by atoms with Crippen LogP contribution < -0.4 is 15.4 Å². The van der Waals surface area contributed by atoms with Crippen molar-refractivity contribution in [3.8, 4) is 5.75 Å². The smallest absolute Gasteiger partial charge is 0.251 e. The van der Waals surface area contributed by atoms with Crippen molar-refractivity contribution in [3.63, 3.8) is 0 Å². The maximum atomic E-state index is 11.8. The first-order valence-electron chi connectivity index (χ1n) is 5.95. The molecule has 4 nitrogen and oxygen atoms in total. The van der Waals surface area contributed by atoms with E-state index < -0.39 is 0 Å². The van der Waals surface area contributed by atoms with Crippen LogP contribution in [0.3, 0.4) is 0 Å². The Bertz CT molecular complexity index is 370. The molecule has 4 heteroatoms. The van der Waals surface area contributed by atoms with Gasteiger partial charge in [0.25, 0.3) is 5.91 Å². The lowest BCUT2D eigenvalue weighted by atomic mass is 10.2. The van der Waals surface area contributed by atoms with Crippen LogP contribution in [0.2, 0.25) is 0 Å². The summed E-state index contributed by atoms with van der Waals surface area (Å²) in [4.78, 5) is 11.8. The van der Waals surface area contributed by atoms with Gasteiger partial charge in [-0.05, 0) is 43.7 Å². The van der Waals surface area contributed by atoms with Crippen LogP contribution in [0, 0.1) is 0 Å². The zero-order chi connectivity index (χ0) is 12.1. The molecule has 0 radical (unpaired) electrons. The second kappa shape index (κ2) is 5.68. The highest BCUT2D eigenvalue weighted by Crippen LogP contribution is 2.11. The summed E-state index contributed by atoms with van der Waals surface area (Å²) in [6, 6.07) is 7.56. The predicted molar refractivity (Wildman–Crippen MR) is 66.4 cm³/mol. The molecule has 1 aromatic rings. The molecule has 0 aliphatic carbocycles. The molecule has 0 saturated carbocycles. The van der Waals surface area contributed by atoms with Gasteiger partial charge >= 0.3 is 0 Å². The Kier molecular flexibility index (Phi) is 3.98. The van der Waals surface area contributed by atoms with Crippen molar-refractivity contribution in [2.24, 2.45) is 0 Å². The third-order valence-corrected chi connectivity index (χ3v) is 3.02. The highest BCUT2D eigenvalue weighted by molar-refractivity contribution is 5.94. The average Bonchev–Trinajstić information content (AvgIpc) is 2.89. The van der Waals surface area contributed by atoms with E-state index in [-0.39, 0.29) is 5.91 Å². The standard InChI is InChI=1S/C13H18N2O2/c1-17-12-6-4-10(5-7-12)13(16)15-9-11-3-2-8-14-11/h4-7,11,14H,2-3,8-9H2,1H3,(H,15,16)/t11-/m0/s1. The Morgan fingerprint density at radius 1 is 1.47 bits per heavy atom. The summed E-state index contributed by atoms with van der Waals surface area (Å²) in [6.45, 7) is 1.76. The van der Waals surface area contributed by atoms with Crippen molar-refractivity contribution < 1.29 is 9.53 Å². The number of benzene rings is 1. The number of hydrogen-bond donors (Lipinski definition) is 2. The fourth-order valence-corrected chi connectivity index (χ4v) is 1.99. The summed E-state index contributed by atoms with van der Waals surface area (Å²) in [6.07, 6.45) is 2.34. The van der Waals surface area contributed by atoms with E-state index in [1.54, 1.807) is 31.4 Å². The molecule has 1 heterocycles. The van der Waals surface area contributed by atoms with Gasteiger partial charge in [-0.1, -0.05) is 0 Å². The van der Waals surface area contributed by atoms with Crippen molar-refractivity contribution in [3.05, 3.63) is 29.8 Å². The number of methoxy groups -OCH3 is 1. The first-order chi connectivity index (χ1) is 8.29. The quantitative estimate of drug-likeness (QED) is 0.822. The van der Waals surface area contributed by atoms with Crippen LogP contribution in [0.15, 0.2) is 24.3 Å². The Morgan fingerprint density at radius 3 is 2.82 bits per heavy atom. The van der Waals surface area contributed by atoms with E-state index in [9.17, 15) is 4.79 Å². The van der Waals surface area contributed by atoms with Gasteiger partial charge in [-0.3, -0.25) is 4.79 Å². The molecule has 1 saturated heterocycles. The average molecular weight is 234 g/mol. The normalized spacial score (nSPS) is 19.0. The number of hydrogen-bond acceptors (Lipinski definition) is 3. The molecule has 1 aliphatic rings. The summed E-state index contributed by atoms with van der Waals surface area (Å²) in [5.41, 5.74) is 0.670. The maximum absolute atomic E-state index is 11.8. The molecule has 92 valence electrons. The van der Waals surface area contributed by atoms with E-state index in [0.717, 1.165) is 18.7 Å². The summed E-state index contributed by atoms with van der Waals surface area (Å²) < 4.78 is 5.05. The molecule has 1 atom stereocenters. The van der Waals surface area contributed by atoms with Crippen molar-refractivity contribution in [2.45, 2.75) is 18.9 Å². The molecule has 0 aromatic heterocycles. The van der Waals surface area contributed by atoms with Crippen LogP contribution in [0.25, 0.3) is 0 Å². The highest BCUT2D eigenvalue weighted by Gasteiger charge is 2.15. The SMILES string of the molecule is COc1ccc(C(=O)NC[C@@H]2CCCN2)cc1. The minimum atomic E-state index is -0.0265. The van der Waals surface area contributed by atoms with E-state index in [1.807, 2.05) is 0 Å². The van der Waals surface area contributed by atoms with Crippen LogP contribution in [0.1, 0.15) is 23.2 Å². The van der Waals surface area contributed by atoms with Gasteiger partial charge in [0.2, 0.25) is 0 Å². The zero-order valence-corrected chi connectivity index (χ0v) is 10.0. The maximum Gasteiger partial charge on any atom is 0.251 e. The summed E-state index contributed by atoms with van der Waals surface area (Å²) in [7, 11) is 1.61. The van der Waals surface area contributed by atoms with Crippen LogP contribution in [-0.4, -0.2) is 32.1 Å². The number of ether oxygens (including phenoxy) is 1. The molecule has 0 unspecified atom stereocenters. The van der Waals surface area contributed by atoms with Crippen molar-refractivity contribution in [1.29, 1.82) is 0 Å². The third kappa shape index (κ3) is 3.20. The van der Waals surface area contributed by atoms with Gasteiger partial charge < -0.3 is 15.4 Å². The Hall–Kier alpha value is -1.55. The molecule has 1 aliphatic heterocycles. The van der Waals surface area contributed by atoms with E-state index >= 15 is 0 Å². The Morgan fingerprint density at radius 2 is 2.24 bits per heavy atom. The lowest BCUT2D eigenvalue weighted by Crippen LogP contribution is -2.37. The molecule has 2 N–H and O–H groups in total. The zero-order valence-electron chi connectivity index (χ0n) is 10.0. The van der Waals surface area contributed by atoms with Crippen LogP contribution in [0.5, 0.6) is 5.75 Å². The molecule has 0 bridgehead atoms. The fraction of sp³-hybridized carbons (Fsp3) is 0.462. The number of nitrogens with one attached hydrogen (secondary N) is 2. The molecule has 17 heavy (non-hydrogen) atoms. The molecule has 2 rings (SSSR count). The lowest BCUT2D eigenvalue weighted by Gasteiger charge is -2.11. The summed E-state index contributed by atoms with van der Waals surface area (Å²) in [5.74, 6) is 0.736. The Labute approximate surface area is 101 Å². The molecular weight excluding hydrogens is 216 g/mol. The van der Waals surface area contributed by atoms with E-state index in [1.165, 1.54) is 6.42 Å². The monoisotopic (exact) mass is 234 g/mol. The first kappa shape index (κ1) is 11.9. The number of carbonyl (C=O) groups is 1. The molecular formula is C13H18N2O2. The Balaban J connectivity index is 1.85. The van der Waals surface area contributed by atoms with Crippen LogP contribution in [-0.2, 0) is 0 Å². The van der Waals surface area contributed by atoms with Gasteiger partial charge in [0, 0.05) is 18.2 Å². The van der Waals surface area contributed by atoms with Gasteiger partial charge in [0.1, 0.15) is 5.75 Å². The van der Waals surface area contributed by atoms with E-state index in [0.29, 0.717) is 18.2 Å². The number of amides is 1. The number of rotatable bonds is 4. The summed E-state index contributed by atoms with van der Waals surface area (Å²) in [5, 5.41) is 6.28. The summed E-state index contributed by atoms with van der Waals surface area (Å²) >= 11 is 0. The van der Waals surface area contributed by atoms with E-state index in [2.05, 4.69) is 10.6 Å². The minimum Gasteiger partial charge on any atom is -0.497 e. The van der Waals surface area contributed by atoms with E-state index in [4.69, 9.17) is 4.74 Å². The number of carbonyl (C=O) groups excluding carboxylic acids is 1. The third-order valence-electron chi connectivity index (χ3n) is 3.02. The lowest BCUT2D eigenvalue weighted by molar-refractivity contribution is 0.0950. The fourth-order valence-electron chi connectivity index (χ4n) is 1.99. The van der Waals surface area contributed by atoms with Gasteiger partial charge in [-0.25, -0.2) is 0 Å². The van der Waals surface area contributed by atoms with Crippen molar-refractivity contribution in [2.75, 3.05) is 20.2 Å². The second-order valence-electron chi connectivity index (χ2n) is 4.23. The van der Waals surface area contributed by atoms with Crippen LogP contribution in [0.4, 0.5) is 0 Å². The topological polar surface area (TPSA) is 50.4 Å². The minimum absolute atomic E-state index is 0.0265. The second-order valence-corrected chi connectivity index (χ2v) is 4.23. The molecule has 1 aromatic carbocycles. The molecule has 0 spiro atoms. The first-order valence-corrected chi connectivity index (χ1v) is 5.95. The predicted octanol–water partition coefficient (Wildman–Crippen LogP) is 1.18.